The van der Waals surface area contributed by atoms with Crippen LogP contribution in [0.25, 0.3) is 5.69 Å². The molecule has 0 radical (unpaired) electrons. The van der Waals surface area contributed by atoms with E-state index in [1.54, 1.807) is 18.2 Å². The van der Waals surface area contributed by atoms with Gasteiger partial charge >= 0.3 is 0 Å². The molecule has 2 rings (SSSR count). The third-order valence-corrected chi connectivity index (χ3v) is 2.42. The van der Waals surface area contributed by atoms with Crippen molar-refractivity contribution >= 4 is 35.4 Å². The highest BCUT2D eigenvalue weighted by Gasteiger charge is 2.05. The van der Waals surface area contributed by atoms with Crippen molar-refractivity contribution in [2.24, 2.45) is 0 Å². The summed E-state index contributed by atoms with van der Waals surface area (Å²) in [6, 6.07) is 5.08. The minimum atomic E-state index is 0.314. The summed E-state index contributed by atoms with van der Waals surface area (Å²) in [6.45, 7) is 4.00. The smallest absolute Gasteiger partial charge is 0.208 e. The lowest BCUT2D eigenvalue weighted by atomic mass is 10.3. The first-order chi connectivity index (χ1) is 7.68. The second kappa shape index (κ2) is 5.98. The van der Waals surface area contributed by atoms with Crippen LogP contribution in [0.2, 0.25) is 10.0 Å². The van der Waals surface area contributed by atoms with Gasteiger partial charge < -0.3 is 0 Å². The summed E-state index contributed by atoms with van der Waals surface area (Å²) in [5, 5.41) is 10.8. The normalized spacial score (nSPS) is 9.50. The molecule has 0 saturated carbocycles. The highest BCUT2D eigenvalue weighted by Crippen LogP contribution is 2.23. The van der Waals surface area contributed by atoms with Gasteiger partial charge in [0.05, 0.1) is 10.7 Å². The minimum absolute atomic E-state index is 0.314. The highest BCUT2D eigenvalue weighted by molar-refractivity contribution is 7.71. The van der Waals surface area contributed by atoms with Crippen molar-refractivity contribution in [1.29, 1.82) is 0 Å². The fourth-order valence-corrected chi connectivity index (χ4v) is 1.69. The molecular formula is C9H10Cl2N4S. The van der Waals surface area contributed by atoms with Crippen molar-refractivity contribution in [2.75, 3.05) is 0 Å². The third kappa shape index (κ3) is 2.81. The topological polar surface area (TPSA) is 46.5 Å². The number of aromatic nitrogens is 4. The lowest BCUT2D eigenvalue weighted by molar-refractivity contribution is 0.786. The largest absolute Gasteiger partial charge is 0.242 e. The van der Waals surface area contributed by atoms with Crippen molar-refractivity contribution < 1.29 is 0 Å². The van der Waals surface area contributed by atoms with Gasteiger partial charge in [0.2, 0.25) is 4.77 Å². The van der Waals surface area contributed by atoms with Crippen LogP contribution in [-0.4, -0.2) is 20.2 Å². The average molecular weight is 277 g/mol. The number of aromatic amines is 1. The monoisotopic (exact) mass is 276 g/mol. The average Bonchev–Trinajstić information content (AvgIpc) is 2.68. The van der Waals surface area contributed by atoms with Gasteiger partial charge in [0.15, 0.2) is 0 Å². The van der Waals surface area contributed by atoms with E-state index in [9.17, 15) is 0 Å². The van der Waals surface area contributed by atoms with E-state index in [-0.39, 0.29) is 0 Å². The minimum Gasteiger partial charge on any atom is -0.208 e. The fraction of sp³-hybridized carbons (Fsp3) is 0.222. The molecular weight excluding hydrogens is 267 g/mol. The van der Waals surface area contributed by atoms with Crippen molar-refractivity contribution in [3.05, 3.63) is 33.0 Å². The Labute approximate surface area is 108 Å². The second-order valence-corrected chi connectivity index (χ2v) is 3.72. The van der Waals surface area contributed by atoms with E-state index < -0.39 is 0 Å². The Balaban J connectivity index is 0.000000606. The maximum atomic E-state index is 5.97. The number of hydrogen-bond donors (Lipinski definition) is 1. The standard InChI is InChI=1S/C7H4Cl2N4S.C2H6/c8-4-1-2-6(5(9)3-4)13-7(14)10-11-12-13;1-2/h1-3H,(H,10,12,14);1-2H3. The predicted octanol–water partition coefficient (Wildman–Crippen LogP) is 3.66. The molecule has 2 aromatic rings. The van der Waals surface area contributed by atoms with E-state index in [0.717, 1.165) is 0 Å². The molecule has 1 aromatic carbocycles. The SMILES string of the molecule is CC.S=c1nn[nH]n1-c1ccc(Cl)cc1Cl. The van der Waals surface area contributed by atoms with Crippen LogP contribution in [0.15, 0.2) is 18.2 Å². The molecule has 0 saturated heterocycles. The summed E-state index contributed by atoms with van der Waals surface area (Å²) in [4.78, 5) is 0. The molecule has 0 unspecified atom stereocenters. The van der Waals surface area contributed by atoms with Crippen LogP contribution in [0.3, 0.4) is 0 Å². The molecule has 0 aliphatic heterocycles. The van der Waals surface area contributed by atoms with Gasteiger partial charge in [-0.3, -0.25) is 0 Å². The summed E-state index contributed by atoms with van der Waals surface area (Å²) in [6.07, 6.45) is 0. The van der Waals surface area contributed by atoms with E-state index in [0.29, 0.717) is 20.5 Å². The van der Waals surface area contributed by atoms with Crippen molar-refractivity contribution in [3.63, 3.8) is 0 Å². The van der Waals surface area contributed by atoms with E-state index >= 15 is 0 Å². The molecule has 0 amide bonds. The molecule has 0 aliphatic carbocycles. The maximum absolute atomic E-state index is 5.97. The molecule has 0 fully saturated rings. The molecule has 0 bridgehead atoms. The summed E-state index contributed by atoms with van der Waals surface area (Å²) in [5.41, 5.74) is 0.672. The fourth-order valence-electron chi connectivity index (χ4n) is 1.02. The van der Waals surface area contributed by atoms with Gasteiger partial charge in [0.1, 0.15) is 0 Å². The van der Waals surface area contributed by atoms with Crippen LogP contribution in [0, 0.1) is 4.77 Å². The second-order valence-electron chi connectivity index (χ2n) is 2.51. The van der Waals surface area contributed by atoms with Crippen LogP contribution >= 0.6 is 35.4 Å². The van der Waals surface area contributed by atoms with Crippen molar-refractivity contribution in [3.8, 4) is 5.69 Å². The number of halogens is 2. The first-order valence-corrected chi connectivity index (χ1v) is 5.80. The summed E-state index contributed by atoms with van der Waals surface area (Å²) in [7, 11) is 0. The van der Waals surface area contributed by atoms with E-state index in [1.165, 1.54) is 4.68 Å². The first-order valence-electron chi connectivity index (χ1n) is 4.64. The van der Waals surface area contributed by atoms with Crippen LogP contribution < -0.4 is 0 Å². The molecule has 0 aliphatic rings. The van der Waals surface area contributed by atoms with Gasteiger partial charge in [-0.25, -0.2) is 4.68 Å². The Hall–Kier alpha value is -0.910. The first kappa shape index (κ1) is 13.2. The molecule has 0 atom stereocenters. The van der Waals surface area contributed by atoms with Crippen LogP contribution in [0.1, 0.15) is 13.8 Å². The lowest BCUT2D eigenvalue weighted by Gasteiger charge is -2.03. The molecule has 1 heterocycles. The lowest BCUT2D eigenvalue weighted by Crippen LogP contribution is -1.97. The third-order valence-electron chi connectivity index (χ3n) is 1.62. The summed E-state index contributed by atoms with van der Waals surface area (Å²) < 4.78 is 1.81. The van der Waals surface area contributed by atoms with Gasteiger partial charge in [-0.05, 0) is 30.4 Å². The Morgan fingerprint density at radius 3 is 2.50 bits per heavy atom. The van der Waals surface area contributed by atoms with Gasteiger partial charge in [-0.1, -0.05) is 47.4 Å². The van der Waals surface area contributed by atoms with Crippen LogP contribution in [0.4, 0.5) is 0 Å². The highest BCUT2D eigenvalue weighted by atomic mass is 35.5. The zero-order valence-electron chi connectivity index (χ0n) is 8.74. The predicted molar refractivity (Wildman–Crippen MR) is 67.9 cm³/mol. The van der Waals surface area contributed by atoms with E-state index in [2.05, 4.69) is 15.5 Å². The molecule has 0 spiro atoms. The zero-order chi connectivity index (χ0) is 12.1. The van der Waals surface area contributed by atoms with Crippen molar-refractivity contribution in [2.45, 2.75) is 13.8 Å². The number of H-pyrrole nitrogens is 1. The summed E-state index contributed by atoms with van der Waals surface area (Å²) >= 11 is 16.6. The van der Waals surface area contributed by atoms with Gasteiger partial charge in [-0.15, -0.1) is 0 Å². The molecule has 1 aromatic heterocycles. The van der Waals surface area contributed by atoms with Crippen LogP contribution in [-0.2, 0) is 0 Å². The van der Waals surface area contributed by atoms with E-state index in [4.69, 9.17) is 35.4 Å². The van der Waals surface area contributed by atoms with E-state index in [1.807, 2.05) is 13.8 Å². The Kier molecular flexibility index (Phi) is 4.92. The number of hydrogen-bond acceptors (Lipinski definition) is 3. The summed E-state index contributed by atoms with van der Waals surface area (Å²) in [5.74, 6) is 0. The van der Waals surface area contributed by atoms with Crippen LogP contribution in [0.5, 0.6) is 0 Å². The van der Waals surface area contributed by atoms with Gasteiger partial charge in [-0.2, -0.15) is 5.21 Å². The Morgan fingerprint density at radius 2 is 2.00 bits per heavy atom. The molecule has 86 valence electrons. The Bertz CT molecular complexity index is 520. The maximum Gasteiger partial charge on any atom is 0.242 e. The van der Waals surface area contributed by atoms with Crippen molar-refractivity contribution in [1.82, 2.24) is 20.2 Å². The number of tetrazole rings is 1. The molecule has 1 N–H and O–H groups in total. The number of nitrogens with one attached hydrogen (secondary N) is 1. The number of rotatable bonds is 1. The number of nitrogens with zero attached hydrogens (tertiary/aromatic N) is 3. The number of benzene rings is 1. The zero-order valence-corrected chi connectivity index (χ0v) is 11.1. The van der Waals surface area contributed by atoms with Gasteiger partial charge in [0, 0.05) is 5.02 Å². The molecule has 7 heteroatoms. The Morgan fingerprint density at radius 1 is 1.31 bits per heavy atom. The molecule has 4 nitrogen and oxygen atoms in total. The van der Waals surface area contributed by atoms with Gasteiger partial charge in [0.25, 0.3) is 0 Å². The quantitative estimate of drug-likeness (QED) is 0.809. The molecule has 16 heavy (non-hydrogen) atoms.